The van der Waals surface area contributed by atoms with Gasteiger partial charge in [0.15, 0.2) is 11.5 Å². The number of amides is 1. The largest absolute Gasteiger partial charge is 0.493 e. The minimum Gasteiger partial charge on any atom is -0.493 e. The van der Waals surface area contributed by atoms with Gasteiger partial charge in [-0.25, -0.2) is 0 Å². The molecule has 2 aromatic rings. The molecule has 0 saturated heterocycles. The van der Waals surface area contributed by atoms with Crippen LogP contribution in [0, 0.1) is 0 Å². The highest BCUT2D eigenvalue weighted by Crippen LogP contribution is 2.26. The van der Waals surface area contributed by atoms with E-state index >= 15 is 0 Å². The first-order chi connectivity index (χ1) is 11.0. The first kappa shape index (κ1) is 16.9. The van der Waals surface area contributed by atoms with Gasteiger partial charge in [-0.05, 0) is 39.0 Å². The second kappa shape index (κ2) is 7.67. The average Bonchev–Trinajstić information content (AvgIpc) is 3.03. The second-order valence-electron chi connectivity index (χ2n) is 5.56. The Morgan fingerprint density at radius 3 is 2.52 bits per heavy atom. The van der Waals surface area contributed by atoms with Crippen LogP contribution in [0.15, 0.2) is 36.5 Å². The Kier molecular flexibility index (Phi) is 5.62. The molecule has 0 unspecified atom stereocenters. The van der Waals surface area contributed by atoms with Gasteiger partial charge in [0.1, 0.15) is 11.8 Å². The fourth-order valence-electron chi connectivity index (χ4n) is 2.05. The maximum Gasteiger partial charge on any atom is 0.271 e. The average molecular weight is 317 g/mol. The maximum atomic E-state index is 12.1. The molecule has 2 rings (SSSR count). The number of ether oxygens (including phenoxy) is 2. The molecule has 0 spiro atoms. The molecule has 6 heteroatoms. The van der Waals surface area contributed by atoms with Gasteiger partial charge in [-0.1, -0.05) is 12.1 Å². The number of para-hydroxylation sites is 2. The number of aromatic nitrogens is 2. The summed E-state index contributed by atoms with van der Waals surface area (Å²) < 4.78 is 12.8. The van der Waals surface area contributed by atoms with Crippen LogP contribution >= 0.6 is 0 Å². The van der Waals surface area contributed by atoms with E-state index in [0.717, 1.165) is 0 Å². The Hall–Kier alpha value is -2.50. The number of benzene rings is 1. The van der Waals surface area contributed by atoms with Crippen molar-refractivity contribution in [1.29, 1.82) is 0 Å². The van der Waals surface area contributed by atoms with E-state index in [0.29, 0.717) is 23.7 Å². The quantitative estimate of drug-likeness (QED) is 0.852. The van der Waals surface area contributed by atoms with Crippen molar-refractivity contribution in [2.75, 3.05) is 13.7 Å². The van der Waals surface area contributed by atoms with Crippen molar-refractivity contribution in [3.63, 3.8) is 0 Å². The molecule has 124 valence electrons. The summed E-state index contributed by atoms with van der Waals surface area (Å²) in [7, 11) is 1.60. The first-order valence-corrected chi connectivity index (χ1v) is 7.64. The monoisotopic (exact) mass is 317 g/mol. The van der Waals surface area contributed by atoms with E-state index in [1.807, 2.05) is 45.0 Å². The molecule has 6 nitrogen and oxygen atoms in total. The molecule has 0 bridgehead atoms. The molecule has 0 saturated carbocycles. The van der Waals surface area contributed by atoms with Crippen molar-refractivity contribution in [1.82, 2.24) is 15.1 Å². The lowest BCUT2D eigenvalue weighted by molar-refractivity contribution is 0.0925. The van der Waals surface area contributed by atoms with Gasteiger partial charge in [0, 0.05) is 12.2 Å². The van der Waals surface area contributed by atoms with Gasteiger partial charge in [-0.2, -0.15) is 5.10 Å². The molecular weight excluding hydrogens is 294 g/mol. The highest BCUT2D eigenvalue weighted by molar-refractivity contribution is 5.92. The predicted molar refractivity (Wildman–Crippen MR) is 88.0 cm³/mol. The zero-order chi connectivity index (χ0) is 16.8. The van der Waals surface area contributed by atoms with Gasteiger partial charge in [0.2, 0.25) is 0 Å². The summed E-state index contributed by atoms with van der Waals surface area (Å²) in [6.07, 6.45) is 1.61. The summed E-state index contributed by atoms with van der Waals surface area (Å²) in [4.78, 5) is 12.1. The van der Waals surface area contributed by atoms with E-state index in [9.17, 15) is 4.79 Å². The number of hydrogen-bond donors (Lipinski definition) is 1. The summed E-state index contributed by atoms with van der Waals surface area (Å²) in [5, 5.41) is 7.07. The van der Waals surface area contributed by atoms with E-state index in [-0.39, 0.29) is 18.1 Å². The van der Waals surface area contributed by atoms with Crippen LogP contribution in [0.4, 0.5) is 0 Å². The smallest absolute Gasteiger partial charge is 0.271 e. The van der Waals surface area contributed by atoms with Crippen LogP contribution < -0.4 is 14.8 Å². The molecule has 1 aromatic carbocycles. The Labute approximate surface area is 136 Å². The maximum absolute atomic E-state index is 12.1. The van der Waals surface area contributed by atoms with Crippen molar-refractivity contribution >= 4 is 5.91 Å². The molecule has 1 atom stereocenters. The minimum absolute atomic E-state index is 0.192. The predicted octanol–water partition coefficient (Wildman–Crippen LogP) is 2.67. The molecule has 0 radical (unpaired) electrons. The van der Waals surface area contributed by atoms with Crippen LogP contribution in [0.3, 0.4) is 0 Å². The lowest BCUT2D eigenvalue weighted by Gasteiger charge is -2.17. The van der Waals surface area contributed by atoms with Crippen LogP contribution in [0.2, 0.25) is 0 Å². The number of nitrogens with zero attached hydrogens (tertiary/aromatic N) is 2. The fourth-order valence-corrected chi connectivity index (χ4v) is 2.05. The van der Waals surface area contributed by atoms with Gasteiger partial charge in [0.05, 0.1) is 13.7 Å². The van der Waals surface area contributed by atoms with E-state index < -0.39 is 0 Å². The van der Waals surface area contributed by atoms with E-state index in [4.69, 9.17) is 9.47 Å². The summed E-state index contributed by atoms with van der Waals surface area (Å²) in [6, 6.07) is 9.36. The third-order valence-corrected chi connectivity index (χ3v) is 3.32. The lowest BCUT2D eigenvalue weighted by atomic mass is 10.3. The van der Waals surface area contributed by atoms with Crippen LogP contribution in [0.1, 0.15) is 37.3 Å². The molecule has 1 heterocycles. The molecule has 1 amide bonds. The zero-order valence-corrected chi connectivity index (χ0v) is 13.9. The molecule has 0 aliphatic heterocycles. The third kappa shape index (κ3) is 4.48. The van der Waals surface area contributed by atoms with Crippen molar-refractivity contribution in [2.24, 2.45) is 0 Å². The van der Waals surface area contributed by atoms with Crippen molar-refractivity contribution in [3.8, 4) is 11.5 Å². The van der Waals surface area contributed by atoms with Crippen LogP contribution in [-0.4, -0.2) is 35.4 Å². The normalized spacial score (nSPS) is 12.0. The molecule has 0 aliphatic rings. The number of carbonyl (C=O) groups excluding carboxylic acids is 1. The summed E-state index contributed by atoms with van der Waals surface area (Å²) >= 11 is 0. The van der Waals surface area contributed by atoms with E-state index in [2.05, 4.69) is 10.4 Å². The Balaban J connectivity index is 1.88. The third-order valence-electron chi connectivity index (χ3n) is 3.32. The van der Waals surface area contributed by atoms with Crippen LogP contribution in [-0.2, 0) is 0 Å². The fraction of sp³-hybridized carbons (Fsp3) is 0.412. The van der Waals surface area contributed by atoms with Crippen molar-refractivity contribution in [2.45, 2.75) is 32.9 Å². The summed E-state index contributed by atoms with van der Waals surface area (Å²) in [5.74, 6) is 1.11. The zero-order valence-electron chi connectivity index (χ0n) is 13.9. The van der Waals surface area contributed by atoms with E-state index in [1.165, 1.54) is 0 Å². The van der Waals surface area contributed by atoms with Gasteiger partial charge in [-0.15, -0.1) is 0 Å². The summed E-state index contributed by atoms with van der Waals surface area (Å²) in [5.41, 5.74) is 0.406. The SMILES string of the molecule is COc1ccccc1O[C@H](C)CNC(=O)c1ccn(C(C)C)n1. The molecule has 1 N–H and O–H groups in total. The highest BCUT2D eigenvalue weighted by atomic mass is 16.5. The summed E-state index contributed by atoms with van der Waals surface area (Å²) in [6.45, 7) is 6.29. The minimum atomic E-state index is -0.208. The second-order valence-corrected chi connectivity index (χ2v) is 5.56. The Bertz CT molecular complexity index is 652. The lowest BCUT2D eigenvalue weighted by Crippen LogP contribution is -2.34. The Morgan fingerprint density at radius 1 is 1.22 bits per heavy atom. The first-order valence-electron chi connectivity index (χ1n) is 7.64. The van der Waals surface area contributed by atoms with Crippen LogP contribution in [0.5, 0.6) is 11.5 Å². The topological polar surface area (TPSA) is 65.4 Å². The molecular formula is C17H23N3O3. The number of hydrogen-bond acceptors (Lipinski definition) is 4. The van der Waals surface area contributed by atoms with Gasteiger partial charge >= 0.3 is 0 Å². The number of rotatable bonds is 7. The molecule has 1 aromatic heterocycles. The molecule has 0 aliphatic carbocycles. The number of carbonyl (C=O) groups is 1. The van der Waals surface area contributed by atoms with E-state index in [1.54, 1.807) is 24.1 Å². The van der Waals surface area contributed by atoms with Crippen LogP contribution in [0.25, 0.3) is 0 Å². The Morgan fingerprint density at radius 2 is 1.91 bits per heavy atom. The van der Waals surface area contributed by atoms with Crippen molar-refractivity contribution in [3.05, 3.63) is 42.2 Å². The molecule has 0 fully saturated rings. The van der Waals surface area contributed by atoms with Gasteiger partial charge in [0.25, 0.3) is 5.91 Å². The number of methoxy groups -OCH3 is 1. The highest BCUT2D eigenvalue weighted by Gasteiger charge is 2.13. The van der Waals surface area contributed by atoms with Gasteiger partial charge < -0.3 is 14.8 Å². The van der Waals surface area contributed by atoms with Crippen molar-refractivity contribution < 1.29 is 14.3 Å². The molecule has 23 heavy (non-hydrogen) atoms. The van der Waals surface area contributed by atoms with Gasteiger partial charge in [-0.3, -0.25) is 9.48 Å². The number of nitrogens with one attached hydrogen (secondary N) is 1. The standard InChI is InChI=1S/C17H23N3O3/c1-12(2)20-10-9-14(19-20)17(21)18-11-13(3)23-16-8-6-5-7-15(16)22-4/h5-10,12-13H,11H2,1-4H3,(H,18,21)/t13-/m1/s1.